The van der Waals surface area contributed by atoms with Gasteiger partial charge in [0.2, 0.25) is 0 Å². The van der Waals surface area contributed by atoms with Crippen LogP contribution in [-0.4, -0.2) is 29.2 Å². The number of aromatic amines is 1. The molecule has 6 nitrogen and oxygen atoms in total. The average Bonchev–Trinajstić information content (AvgIpc) is 2.35. The summed E-state index contributed by atoms with van der Waals surface area (Å²) < 4.78 is 10.3. The minimum absolute atomic E-state index is 0.0930. The summed E-state index contributed by atoms with van der Waals surface area (Å²) in [5.41, 5.74) is -0.599. The van der Waals surface area contributed by atoms with Crippen molar-refractivity contribution in [2.75, 3.05) is 13.2 Å². The Balaban J connectivity index is 3.04. The van der Waals surface area contributed by atoms with E-state index in [9.17, 15) is 9.59 Å². The summed E-state index contributed by atoms with van der Waals surface area (Å²) in [4.78, 5) is 30.0. The van der Waals surface area contributed by atoms with Gasteiger partial charge in [0.15, 0.2) is 0 Å². The van der Waals surface area contributed by atoms with Crippen LogP contribution in [-0.2, 0) is 9.47 Å². The SMILES string of the molecule is CCOC(=O)c1cnc(C(OCC)C(C)C)[nH]c1=O. The molecule has 1 heterocycles. The first-order valence-electron chi connectivity index (χ1n) is 6.39. The maximum Gasteiger partial charge on any atom is 0.345 e. The summed E-state index contributed by atoms with van der Waals surface area (Å²) in [6.45, 7) is 8.23. The molecular weight excluding hydrogens is 248 g/mol. The Kier molecular flexibility index (Phi) is 5.69. The zero-order valence-corrected chi connectivity index (χ0v) is 11.7. The summed E-state index contributed by atoms with van der Waals surface area (Å²) in [6, 6.07) is 0. The Morgan fingerprint density at radius 2 is 2.05 bits per heavy atom. The van der Waals surface area contributed by atoms with Crippen molar-refractivity contribution in [3.8, 4) is 0 Å². The number of H-pyrrole nitrogens is 1. The molecule has 0 saturated heterocycles. The monoisotopic (exact) mass is 268 g/mol. The zero-order valence-electron chi connectivity index (χ0n) is 11.7. The number of carbonyl (C=O) groups excluding carboxylic acids is 1. The standard InChI is InChI=1S/C13H20N2O4/c1-5-18-10(8(3)4)11-14-7-9(12(16)15-11)13(17)19-6-2/h7-8,10H,5-6H2,1-4H3,(H,14,15,16). The molecule has 1 unspecified atom stereocenters. The number of hydrogen-bond donors (Lipinski definition) is 1. The van der Waals surface area contributed by atoms with Gasteiger partial charge in [0.25, 0.3) is 5.56 Å². The number of nitrogens with zero attached hydrogens (tertiary/aromatic N) is 1. The van der Waals surface area contributed by atoms with Gasteiger partial charge in [-0.2, -0.15) is 0 Å². The second-order valence-corrected chi connectivity index (χ2v) is 4.35. The highest BCUT2D eigenvalue weighted by Crippen LogP contribution is 2.21. The quantitative estimate of drug-likeness (QED) is 0.794. The molecule has 0 aliphatic rings. The van der Waals surface area contributed by atoms with Crippen molar-refractivity contribution >= 4 is 5.97 Å². The molecule has 0 spiro atoms. The first kappa shape index (κ1) is 15.4. The van der Waals surface area contributed by atoms with Crippen molar-refractivity contribution < 1.29 is 14.3 Å². The number of hydrogen-bond acceptors (Lipinski definition) is 5. The summed E-state index contributed by atoms with van der Waals surface area (Å²) in [5.74, 6) is -0.0771. The van der Waals surface area contributed by atoms with Gasteiger partial charge in [0, 0.05) is 12.8 Å². The molecule has 1 rings (SSSR count). The molecule has 0 radical (unpaired) electrons. The normalized spacial score (nSPS) is 12.5. The molecule has 106 valence electrons. The van der Waals surface area contributed by atoms with Gasteiger partial charge >= 0.3 is 5.97 Å². The molecule has 1 atom stereocenters. The van der Waals surface area contributed by atoms with Crippen LogP contribution in [0.3, 0.4) is 0 Å². The van der Waals surface area contributed by atoms with Crippen LogP contribution >= 0.6 is 0 Å². The Hall–Kier alpha value is -1.69. The van der Waals surface area contributed by atoms with E-state index in [2.05, 4.69) is 9.97 Å². The number of nitrogens with one attached hydrogen (secondary N) is 1. The fourth-order valence-electron chi connectivity index (χ4n) is 1.67. The van der Waals surface area contributed by atoms with Crippen LogP contribution in [0.15, 0.2) is 11.0 Å². The van der Waals surface area contributed by atoms with Gasteiger partial charge in [-0.15, -0.1) is 0 Å². The lowest BCUT2D eigenvalue weighted by Gasteiger charge is -2.19. The molecule has 19 heavy (non-hydrogen) atoms. The van der Waals surface area contributed by atoms with E-state index in [1.165, 1.54) is 6.20 Å². The Morgan fingerprint density at radius 1 is 1.37 bits per heavy atom. The molecule has 0 saturated carbocycles. The molecule has 1 N–H and O–H groups in total. The van der Waals surface area contributed by atoms with Crippen LogP contribution in [0, 0.1) is 5.92 Å². The summed E-state index contributed by atoms with van der Waals surface area (Å²) in [5, 5.41) is 0. The lowest BCUT2D eigenvalue weighted by Crippen LogP contribution is -2.25. The van der Waals surface area contributed by atoms with Gasteiger partial charge in [-0.25, -0.2) is 9.78 Å². The minimum atomic E-state index is -0.666. The van der Waals surface area contributed by atoms with Crippen molar-refractivity contribution in [1.82, 2.24) is 9.97 Å². The predicted molar refractivity (Wildman–Crippen MR) is 70.0 cm³/mol. The van der Waals surface area contributed by atoms with E-state index in [0.29, 0.717) is 12.4 Å². The molecule has 6 heteroatoms. The van der Waals surface area contributed by atoms with Crippen LogP contribution in [0.4, 0.5) is 0 Å². The Morgan fingerprint density at radius 3 is 2.53 bits per heavy atom. The van der Waals surface area contributed by atoms with Crippen LogP contribution in [0.2, 0.25) is 0 Å². The highest BCUT2D eigenvalue weighted by Gasteiger charge is 2.20. The Bertz CT molecular complexity index is 482. The van der Waals surface area contributed by atoms with Crippen molar-refractivity contribution in [2.45, 2.75) is 33.8 Å². The largest absolute Gasteiger partial charge is 0.462 e. The lowest BCUT2D eigenvalue weighted by atomic mass is 10.1. The fourth-order valence-corrected chi connectivity index (χ4v) is 1.67. The third kappa shape index (κ3) is 3.89. The first-order chi connectivity index (χ1) is 9.01. The van der Waals surface area contributed by atoms with Crippen LogP contribution in [0.25, 0.3) is 0 Å². The predicted octanol–water partition coefficient (Wildman–Crippen LogP) is 1.68. The number of rotatable bonds is 6. The van der Waals surface area contributed by atoms with E-state index in [1.807, 2.05) is 20.8 Å². The van der Waals surface area contributed by atoms with E-state index in [-0.39, 0.29) is 24.2 Å². The van der Waals surface area contributed by atoms with E-state index >= 15 is 0 Å². The molecule has 0 aliphatic heterocycles. The smallest absolute Gasteiger partial charge is 0.345 e. The van der Waals surface area contributed by atoms with E-state index < -0.39 is 11.5 Å². The highest BCUT2D eigenvalue weighted by atomic mass is 16.5. The van der Waals surface area contributed by atoms with Crippen LogP contribution in [0.1, 0.15) is 50.0 Å². The van der Waals surface area contributed by atoms with Gasteiger partial charge in [-0.3, -0.25) is 4.79 Å². The minimum Gasteiger partial charge on any atom is -0.462 e. The second kappa shape index (κ2) is 7.04. The number of aromatic nitrogens is 2. The molecule has 1 aromatic heterocycles. The summed E-state index contributed by atoms with van der Waals surface area (Å²) >= 11 is 0. The number of carbonyl (C=O) groups is 1. The van der Waals surface area contributed by atoms with Gasteiger partial charge in [-0.05, 0) is 19.8 Å². The third-order valence-electron chi connectivity index (χ3n) is 2.54. The molecule has 0 bridgehead atoms. The molecule has 0 aliphatic carbocycles. The number of ether oxygens (including phenoxy) is 2. The fraction of sp³-hybridized carbons (Fsp3) is 0.615. The molecule has 1 aromatic rings. The van der Waals surface area contributed by atoms with Gasteiger partial charge in [-0.1, -0.05) is 13.8 Å². The van der Waals surface area contributed by atoms with Crippen molar-refractivity contribution in [2.24, 2.45) is 5.92 Å². The second-order valence-electron chi connectivity index (χ2n) is 4.35. The van der Waals surface area contributed by atoms with E-state index in [0.717, 1.165) is 0 Å². The molecule has 0 aromatic carbocycles. The van der Waals surface area contributed by atoms with Gasteiger partial charge in [0.1, 0.15) is 17.5 Å². The van der Waals surface area contributed by atoms with Crippen molar-refractivity contribution in [3.63, 3.8) is 0 Å². The van der Waals surface area contributed by atoms with Crippen molar-refractivity contribution in [1.29, 1.82) is 0 Å². The summed E-state index contributed by atoms with van der Waals surface area (Å²) in [6.07, 6.45) is 0.939. The third-order valence-corrected chi connectivity index (χ3v) is 2.54. The molecular formula is C13H20N2O4. The maximum atomic E-state index is 11.8. The highest BCUT2D eigenvalue weighted by molar-refractivity contribution is 5.88. The lowest BCUT2D eigenvalue weighted by molar-refractivity contribution is 0.0228. The number of esters is 1. The zero-order chi connectivity index (χ0) is 14.4. The van der Waals surface area contributed by atoms with Crippen molar-refractivity contribution in [3.05, 3.63) is 27.9 Å². The maximum absolute atomic E-state index is 11.8. The molecule has 0 amide bonds. The van der Waals surface area contributed by atoms with Gasteiger partial charge in [0.05, 0.1) is 6.61 Å². The van der Waals surface area contributed by atoms with E-state index in [4.69, 9.17) is 9.47 Å². The first-order valence-corrected chi connectivity index (χ1v) is 6.39. The van der Waals surface area contributed by atoms with Gasteiger partial charge < -0.3 is 14.5 Å². The van der Waals surface area contributed by atoms with Crippen LogP contribution < -0.4 is 5.56 Å². The molecule has 0 fully saturated rings. The summed E-state index contributed by atoms with van der Waals surface area (Å²) in [7, 11) is 0. The topological polar surface area (TPSA) is 81.3 Å². The van der Waals surface area contributed by atoms with E-state index in [1.54, 1.807) is 6.92 Å². The average molecular weight is 268 g/mol. The van der Waals surface area contributed by atoms with Crippen LogP contribution in [0.5, 0.6) is 0 Å². The Labute approximate surface area is 112 Å².